The first-order chi connectivity index (χ1) is 16.4. The molecule has 0 bridgehead atoms. The Morgan fingerprint density at radius 3 is 2.41 bits per heavy atom. The standard InChI is InChI=1S/C27H34Cl2N2O3/c1-19-15-20(2)18-31(17-19)11-14-34-23-6-4-22(5-7-23)30-26(32)27(9-12-33-13-10-27)24-8-3-21(28)16-25(24)29/h3-8,16,19-20H,9-15,17-18H2,1-2H3,(H,30,32)/t19-,20-/m0/s1. The molecule has 0 aromatic heterocycles. The van der Waals surface area contributed by atoms with Crippen LogP contribution in [0.25, 0.3) is 0 Å². The monoisotopic (exact) mass is 504 g/mol. The number of hydrogen-bond acceptors (Lipinski definition) is 4. The normalized spacial score (nSPS) is 22.8. The summed E-state index contributed by atoms with van der Waals surface area (Å²) in [6, 6.07) is 12.9. The van der Waals surface area contributed by atoms with E-state index in [1.165, 1.54) is 6.42 Å². The maximum Gasteiger partial charge on any atom is 0.235 e. The summed E-state index contributed by atoms with van der Waals surface area (Å²) < 4.78 is 11.5. The topological polar surface area (TPSA) is 50.8 Å². The van der Waals surface area contributed by atoms with E-state index in [0.29, 0.717) is 42.7 Å². The van der Waals surface area contributed by atoms with Crippen LogP contribution >= 0.6 is 23.2 Å². The SMILES string of the molecule is C[C@H]1C[C@H](C)CN(CCOc2ccc(NC(=O)C3(c4ccc(Cl)cc4Cl)CCOCC3)cc2)C1. The second-order valence-electron chi connectivity index (χ2n) is 9.85. The summed E-state index contributed by atoms with van der Waals surface area (Å²) in [4.78, 5) is 16.0. The molecule has 2 aromatic rings. The molecular formula is C27H34Cl2N2O3. The van der Waals surface area contributed by atoms with Gasteiger partial charge in [-0.05, 0) is 73.1 Å². The quantitative estimate of drug-likeness (QED) is 0.499. The fourth-order valence-electron chi connectivity index (χ4n) is 5.37. The van der Waals surface area contributed by atoms with E-state index in [-0.39, 0.29) is 5.91 Å². The summed E-state index contributed by atoms with van der Waals surface area (Å²) in [6.07, 6.45) is 2.44. The molecule has 1 amide bonds. The van der Waals surface area contributed by atoms with Crippen molar-refractivity contribution in [2.24, 2.45) is 11.8 Å². The van der Waals surface area contributed by atoms with Crippen LogP contribution in [0.3, 0.4) is 0 Å². The summed E-state index contributed by atoms with van der Waals surface area (Å²) in [6.45, 7) is 9.53. The largest absolute Gasteiger partial charge is 0.492 e. The number of carbonyl (C=O) groups excluding carboxylic acids is 1. The molecule has 2 aliphatic heterocycles. The van der Waals surface area contributed by atoms with E-state index in [4.69, 9.17) is 32.7 Å². The van der Waals surface area contributed by atoms with Crippen LogP contribution in [-0.2, 0) is 14.9 Å². The second-order valence-corrected chi connectivity index (χ2v) is 10.7. The molecule has 0 aliphatic carbocycles. The second kappa shape index (κ2) is 11.3. The summed E-state index contributed by atoms with van der Waals surface area (Å²) in [5.74, 6) is 2.21. The van der Waals surface area contributed by atoms with Crippen molar-refractivity contribution in [2.75, 3.05) is 44.8 Å². The highest BCUT2D eigenvalue weighted by atomic mass is 35.5. The molecule has 5 nitrogen and oxygen atoms in total. The maximum atomic E-state index is 13.5. The van der Waals surface area contributed by atoms with Crippen molar-refractivity contribution >= 4 is 34.8 Å². The lowest BCUT2D eigenvalue weighted by Crippen LogP contribution is -2.45. The summed E-state index contributed by atoms with van der Waals surface area (Å²) in [5, 5.41) is 4.15. The van der Waals surface area contributed by atoms with E-state index in [2.05, 4.69) is 24.1 Å². The van der Waals surface area contributed by atoms with Crippen LogP contribution in [0.2, 0.25) is 10.0 Å². The van der Waals surface area contributed by atoms with E-state index in [9.17, 15) is 4.79 Å². The summed E-state index contributed by atoms with van der Waals surface area (Å²) in [5.41, 5.74) is 0.769. The van der Waals surface area contributed by atoms with Crippen LogP contribution in [0.5, 0.6) is 5.75 Å². The Kier molecular flexibility index (Phi) is 8.41. The number of rotatable bonds is 7. The minimum atomic E-state index is -0.752. The lowest BCUT2D eigenvalue weighted by Gasteiger charge is -2.36. The number of nitrogens with one attached hydrogen (secondary N) is 1. The molecule has 2 saturated heterocycles. The van der Waals surface area contributed by atoms with Crippen LogP contribution in [0, 0.1) is 11.8 Å². The molecule has 0 radical (unpaired) electrons. The lowest BCUT2D eigenvalue weighted by atomic mass is 9.73. The molecule has 34 heavy (non-hydrogen) atoms. The lowest BCUT2D eigenvalue weighted by molar-refractivity contribution is -0.125. The number of carbonyl (C=O) groups is 1. The van der Waals surface area contributed by atoms with Crippen molar-refractivity contribution in [1.29, 1.82) is 0 Å². The van der Waals surface area contributed by atoms with Gasteiger partial charge < -0.3 is 14.8 Å². The van der Waals surface area contributed by atoms with Gasteiger partial charge in [0.1, 0.15) is 12.4 Å². The zero-order valence-corrected chi connectivity index (χ0v) is 21.5. The van der Waals surface area contributed by atoms with E-state index in [1.807, 2.05) is 30.3 Å². The van der Waals surface area contributed by atoms with Gasteiger partial charge in [0.15, 0.2) is 0 Å². The third-order valence-corrected chi connectivity index (χ3v) is 7.51. The molecule has 2 aliphatic rings. The molecule has 0 saturated carbocycles. The van der Waals surface area contributed by atoms with Crippen molar-refractivity contribution in [3.05, 3.63) is 58.1 Å². The van der Waals surface area contributed by atoms with Crippen LogP contribution < -0.4 is 10.1 Å². The van der Waals surface area contributed by atoms with E-state index >= 15 is 0 Å². The number of likely N-dealkylation sites (tertiary alicyclic amines) is 1. The number of benzene rings is 2. The molecule has 7 heteroatoms. The van der Waals surface area contributed by atoms with Crippen LogP contribution in [0.15, 0.2) is 42.5 Å². The number of nitrogens with zero attached hydrogens (tertiary/aromatic N) is 1. The Balaban J connectivity index is 1.37. The number of hydrogen-bond donors (Lipinski definition) is 1. The number of amides is 1. The Hall–Kier alpha value is -1.79. The summed E-state index contributed by atoms with van der Waals surface area (Å²) in [7, 11) is 0. The predicted octanol–water partition coefficient (Wildman–Crippen LogP) is 6.04. The van der Waals surface area contributed by atoms with Crippen molar-refractivity contribution in [1.82, 2.24) is 4.90 Å². The van der Waals surface area contributed by atoms with E-state index in [1.54, 1.807) is 12.1 Å². The van der Waals surface area contributed by atoms with Gasteiger partial charge >= 0.3 is 0 Å². The fourth-order valence-corrected chi connectivity index (χ4v) is 5.96. The number of anilines is 1. The Bertz CT molecular complexity index is 966. The average molecular weight is 505 g/mol. The number of piperidine rings is 1. The van der Waals surface area contributed by atoms with Gasteiger partial charge in [-0.1, -0.05) is 43.1 Å². The van der Waals surface area contributed by atoms with E-state index < -0.39 is 5.41 Å². The fraction of sp³-hybridized carbons (Fsp3) is 0.519. The Labute approximate surface area is 212 Å². The highest BCUT2D eigenvalue weighted by Gasteiger charge is 2.43. The highest BCUT2D eigenvalue weighted by molar-refractivity contribution is 6.35. The molecule has 184 valence electrons. The molecule has 2 atom stereocenters. The van der Waals surface area contributed by atoms with E-state index in [0.717, 1.165) is 48.5 Å². The Morgan fingerprint density at radius 2 is 1.76 bits per heavy atom. The molecule has 0 spiro atoms. The zero-order valence-electron chi connectivity index (χ0n) is 20.0. The van der Waals surface area contributed by atoms with Gasteiger partial charge in [-0.15, -0.1) is 0 Å². The van der Waals surface area contributed by atoms with Gasteiger partial charge in [-0.25, -0.2) is 0 Å². The minimum absolute atomic E-state index is 0.0815. The Morgan fingerprint density at radius 1 is 1.09 bits per heavy atom. The van der Waals surface area contributed by atoms with Gasteiger partial charge in [0.2, 0.25) is 5.91 Å². The minimum Gasteiger partial charge on any atom is -0.492 e. The van der Waals surface area contributed by atoms with Crippen molar-refractivity contribution in [3.63, 3.8) is 0 Å². The molecule has 1 N–H and O–H groups in total. The molecular weight excluding hydrogens is 471 g/mol. The van der Waals surface area contributed by atoms with Gasteiger partial charge in [0.05, 0.1) is 5.41 Å². The molecule has 2 aromatic carbocycles. The first kappa shape index (κ1) is 25.3. The predicted molar refractivity (Wildman–Crippen MR) is 138 cm³/mol. The van der Waals surface area contributed by atoms with Crippen molar-refractivity contribution in [2.45, 2.75) is 38.5 Å². The van der Waals surface area contributed by atoms with Crippen LogP contribution in [-0.4, -0.2) is 50.3 Å². The third kappa shape index (κ3) is 6.06. The number of ether oxygens (including phenoxy) is 2. The smallest absolute Gasteiger partial charge is 0.235 e. The molecule has 0 unspecified atom stereocenters. The van der Waals surface area contributed by atoms with Crippen molar-refractivity contribution in [3.8, 4) is 5.75 Å². The van der Waals surface area contributed by atoms with Gasteiger partial charge in [0, 0.05) is 48.6 Å². The van der Waals surface area contributed by atoms with Crippen LogP contribution in [0.1, 0.15) is 38.7 Å². The molecule has 2 heterocycles. The highest BCUT2D eigenvalue weighted by Crippen LogP contribution is 2.40. The van der Waals surface area contributed by atoms with Gasteiger partial charge in [-0.2, -0.15) is 0 Å². The first-order valence-electron chi connectivity index (χ1n) is 12.2. The molecule has 2 fully saturated rings. The van der Waals surface area contributed by atoms with Crippen LogP contribution in [0.4, 0.5) is 5.69 Å². The summed E-state index contributed by atoms with van der Waals surface area (Å²) >= 11 is 12.6. The van der Waals surface area contributed by atoms with Crippen molar-refractivity contribution < 1.29 is 14.3 Å². The third-order valence-electron chi connectivity index (χ3n) is 6.96. The zero-order chi connectivity index (χ0) is 24.1. The number of halogens is 2. The maximum absolute atomic E-state index is 13.5. The van der Waals surface area contributed by atoms with Gasteiger partial charge in [0.25, 0.3) is 0 Å². The average Bonchev–Trinajstić information content (AvgIpc) is 2.80. The first-order valence-corrected chi connectivity index (χ1v) is 12.9. The van der Waals surface area contributed by atoms with Gasteiger partial charge in [-0.3, -0.25) is 9.69 Å². The molecule has 4 rings (SSSR count).